The Hall–Kier alpha value is -1.95. The SMILES string of the molecule is CC(C)c1ccc(SCC(=O)Nc2ccccc2C(F)(F)F)cc1. The molecule has 1 amide bonds. The molecule has 6 heteroatoms. The minimum atomic E-state index is -4.50. The molecule has 0 aromatic heterocycles. The zero-order valence-corrected chi connectivity index (χ0v) is 14.2. The minimum absolute atomic E-state index is 0.0488. The predicted molar refractivity (Wildman–Crippen MR) is 91.3 cm³/mol. The van der Waals surface area contributed by atoms with Crippen molar-refractivity contribution in [1.82, 2.24) is 0 Å². The fourth-order valence-electron chi connectivity index (χ4n) is 2.12. The van der Waals surface area contributed by atoms with Crippen molar-refractivity contribution in [3.63, 3.8) is 0 Å². The Morgan fingerprint density at radius 2 is 1.71 bits per heavy atom. The lowest BCUT2D eigenvalue weighted by molar-refractivity contribution is -0.137. The number of benzene rings is 2. The molecule has 1 N–H and O–H groups in total. The standard InChI is InChI=1S/C18H18F3NOS/c1-12(2)13-7-9-14(10-8-13)24-11-17(23)22-16-6-4-3-5-15(16)18(19,20)21/h3-10,12H,11H2,1-2H3,(H,22,23). The quantitative estimate of drug-likeness (QED) is 0.713. The van der Waals surface area contributed by atoms with Crippen LogP contribution in [0.2, 0.25) is 0 Å². The van der Waals surface area contributed by atoms with E-state index in [1.807, 2.05) is 24.3 Å². The summed E-state index contributed by atoms with van der Waals surface area (Å²) in [4.78, 5) is 12.8. The molecule has 24 heavy (non-hydrogen) atoms. The summed E-state index contributed by atoms with van der Waals surface area (Å²) in [6, 6.07) is 12.8. The molecule has 0 spiro atoms. The summed E-state index contributed by atoms with van der Waals surface area (Å²) in [7, 11) is 0. The van der Waals surface area contributed by atoms with E-state index < -0.39 is 17.6 Å². The number of halogens is 3. The molecule has 0 aliphatic rings. The van der Waals surface area contributed by atoms with Crippen molar-refractivity contribution in [1.29, 1.82) is 0 Å². The first kappa shape index (κ1) is 18.4. The summed E-state index contributed by atoms with van der Waals surface area (Å²) in [6.45, 7) is 4.18. The first-order chi connectivity index (χ1) is 11.3. The van der Waals surface area contributed by atoms with Crippen LogP contribution >= 0.6 is 11.8 Å². The van der Waals surface area contributed by atoms with Gasteiger partial charge in [-0.15, -0.1) is 11.8 Å². The summed E-state index contributed by atoms with van der Waals surface area (Å²) in [5.41, 5.74) is 0.137. The third-order valence-corrected chi connectivity index (χ3v) is 4.44. The molecular formula is C18H18F3NOS. The molecule has 0 aliphatic carbocycles. The van der Waals surface area contributed by atoms with Gasteiger partial charge in [0.25, 0.3) is 0 Å². The van der Waals surface area contributed by atoms with Crippen molar-refractivity contribution in [2.75, 3.05) is 11.1 Å². The van der Waals surface area contributed by atoms with Gasteiger partial charge in [-0.1, -0.05) is 38.1 Å². The van der Waals surface area contributed by atoms with E-state index in [1.54, 1.807) is 0 Å². The Balaban J connectivity index is 1.97. The molecule has 0 atom stereocenters. The summed E-state index contributed by atoms with van der Waals surface area (Å²) < 4.78 is 38.7. The molecule has 0 saturated carbocycles. The van der Waals surface area contributed by atoms with Crippen LogP contribution in [0.1, 0.15) is 30.9 Å². The number of thioether (sulfide) groups is 1. The van der Waals surface area contributed by atoms with Crippen molar-refractivity contribution in [3.05, 3.63) is 59.7 Å². The number of para-hydroxylation sites is 1. The molecule has 128 valence electrons. The highest BCUT2D eigenvalue weighted by Gasteiger charge is 2.33. The number of hydrogen-bond acceptors (Lipinski definition) is 2. The number of carbonyl (C=O) groups is 1. The van der Waals surface area contributed by atoms with Crippen molar-refractivity contribution in [2.24, 2.45) is 0 Å². The number of anilines is 1. The molecular weight excluding hydrogens is 335 g/mol. The largest absolute Gasteiger partial charge is 0.418 e. The molecule has 0 radical (unpaired) electrons. The third-order valence-electron chi connectivity index (χ3n) is 3.42. The van der Waals surface area contributed by atoms with Crippen LogP contribution in [-0.2, 0) is 11.0 Å². The van der Waals surface area contributed by atoms with Crippen LogP contribution in [0.3, 0.4) is 0 Å². The van der Waals surface area contributed by atoms with Crippen molar-refractivity contribution >= 4 is 23.4 Å². The normalized spacial score (nSPS) is 11.6. The van der Waals surface area contributed by atoms with E-state index in [9.17, 15) is 18.0 Å². The highest BCUT2D eigenvalue weighted by molar-refractivity contribution is 8.00. The van der Waals surface area contributed by atoms with Gasteiger partial charge in [-0.05, 0) is 35.7 Å². The Labute approximate surface area is 143 Å². The Morgan fingerprint density at radius 1 is 1.08 bits per heavy atom. The van der Waals surface area contributed by atoms with Gasteiger partial charge in [-0.3, -0.25) is 4.79 Å². The fourth-order valence-corrected chi connectivity index (χ4v) is 2.82. The number of hydrogen-bond donors (Lipinski definition) is 1. The van der Waals surface area contributed by atoms with Crippen LogP contribution in [0.15, 0.2) is 53.4 Å². The molecule has 2 aromatic carbocycles. The number of alkyl halides is 3. The van der Waals surface area contributed by atoms with E-state index in [2.05, 4.69) is 19.2 Å². The highest BCUT2D eigenvalue weighted by atomic mass is 32.2. The lowest BCUT2D eigenvalue weighted by Crippen LogP contribution is -2.18. The third kappa shape index (κ3) is 5.03. The van der Waals surface area contributed by atoms with Gasteiger partial charge in [0.05, 0.1) is 17.0 Å². The lowest BCUT2D eigenvalue weighted by Gasteiger charge is -2.13. The first-order valence-corrected chi connectivity index (χ1v) is 8.45. The number of nitrogens with one attached hydrogen (secondary N) is 1. The van der Waals surface area contributed by atoms with Gasteiger partial charge in [-0.2, -0.15) is 13.2 Å². The Morgan fingerprint density at radius 3 is 2.29 bits per heavy atom. The van der Waals surface area contributed by atoms with Crippen molar-refractivity contribution in [2.45, 2.75) is 30.8 Å². The van der Waals surface area contributed by atoms with Crippen molar-refractivity contribution < 1.29 is 18.0 Å². The van der Waals surface area contributed by atoms with Crippen LogP contribution in [0.25, 0.3) is 0 Å². The maximum Gasteiger partial charge on any atom is 0.418 e. The second kappa shape index (κ2) is 7.75. The van der Waals surface area contributed by atoms with Gasteiger partial charge >= 0.3 is 6.18 Å². The van der Waals surface area contributed by atoms with E-state index in [4.69, 9.17) is 0 Å². The van der Waals surface area contributed by atoms with E-state index in [1.165, 1.54) is 35.5 Å². The van der Waals surface area contributed by atoms with Crippen LogP contribution in [0, 0.1) is 0 Å². The zero-order valence-electron chi connectivity index (χ0n) is 13.4. The Bertz CT molecular complexity index is 696. The maximum atomic E-state index is 12.9. The first-order valence-electron chi connectivity index (χ1n) is 7.46. The monoisotopic (exact) mass is 353 g/mol. The topological polar surface area (TPSA) is 29.1 Å². The van der Waals surface area contributed by atoms with Gasteiger partial charge in [0.2, 0.25) is 5.91 Å². The van der Waals surface area contributed by atoms with E-state index in [0.29, 0.717) is 5.92 Å². The van der Waals surface area contributed by atoms with E-state index in [0.717, 1.165) is 11.0 Å². The smallest absolute Gasteiger partial charge is 0.325 e. The molecule has 0 unspecified atom stereocenters. The average Bonchev–Trinajstić information content (AvgIpc) is 2.53. The van der Waals surface area contributed by atoms with E-state index in [-0.39, 0.29) is 11.4 Å². The average molecular weight is 353 g/mol. The van der Waals surface area contributed by atoms with Gasteiger partial charge in [0.1, 0.15) is 0 Å². The molecule has 0 aliphatic heterocycles. The molecule has 0 saturated heterocycles. The predicted octanol–water partition coefficient (Wildman–Crippen LogP) is 5.56. The van der Waals surface area contributed by atoms with Gasteiger partial charge in [0.15, 0.2) is 0 Å². The van der Waals surface area contributed by atoms with E-state index >= 15 is 0 Å². The number of rotatable bonds is 5. The molecule has 2 aromatic rings. The number of amides is 1. The second-order valence-electron chi connectivity index (χ2n) is 5.60. The van der Waals surface area contributed by atoms with Crippen LogP contribution in [0.5, 0.6) is 0 Å². The zero-order chi connectivity index (χ0) is 17.7. The second-order valence-corrected chi connectivity index (χ2v) is 6.65. The lowest BCUT2D eigenvalue weighted by atomic mass is 10.0. The van der Waals surface area contributed by atoms with Gasteiger partial charge < -0.3 is 5.32 Å². The highest BCUT2D eigenvalue weighted by Crippen LogP contribution is 2.34. The maximum absolute atomic E-state index is 12.9. The molecule has 2 rings (SSSR count). The Kier molecular flexibility index (Phi) is 5.94. The summed E-state index contributed by atoms with van der Waals surface area (Å²) in [5, 5.41) is 2.34. The fraction of sp³-hybridized carbons (Fsp3) is 0.278. The summed E-state index contributed by atoms with van der Waals surface area (Å²) in [6.07, 6.45) is -4.50. The van der Waals surface area contributed by atoms with Gasteiger partial charge in [-0.25, -0.2) is 0 Å². The molecule has 2 nitrogen and oxygen atoms in total. The molecule has 0 fully saturated rings. The number of carbonyl (C=O) groups excluding carboxylic acids is 1. The summed E-state index contributed by atoms with van der Waals surface area (Å²) in [5.74, 6) is 0.00332. The minimum Gasteiger partial charge on any atom is -0.325 e. The molecule has 0 heterocycles. The van der Waals surface area contributed by atoms with Crippen molar-refractivity contribution in [3.8, 4) is 0 Å². The van der Waals surface area contributed by atoms with Crippen LogP contribution in [-0.4, -0.2) is 11.7 Å². The molecule has 0 bridgehead atoms. The van der Waals surface area contributed by atoms with Crippen LogP contribution < -0.4 is 5.32 Å². The summed E-state index contributed by atoms with van der Waals surface area (Å²) >= 11 is 1.29. The van der Waals surface area contributed by atoms with Crippen LogP contribution in [0.4, 0.5) is 18.9 Å². The van der Waals surface area contributed by atoms with Gasteiger partial charge in [0, 0.05) is 4.90 Å².